The molecule has 0 atom stereocenters. The van der Waals surface area contributed by atoms with Crippen molar-refractivity contribution in [1.82, 2.24) is 4.98 Å². The average Bonchev–Trinajstić information content (AvgIpc) is 3.18. The van der Waals surface area contributed by atoms with E-state index in [0.29, 0.717) is 11.3 Å². The van der Waals surface area contributed by atoms with Gasteiger partial charge in [-0.05, 0) is 55.8 Å². The summed E-state index contributed by atoms with van der Waals surface area (Å²) in [4.78, 5) is 29.0. The number of rotatable bonds is 7. The van der Waals surface area contributed by atoms with Gasteiger partial charge in [0.15, 0.2) is 4.34 Å². The predicted octanol–water partition coefficient (Wildman–Crippen LogP) is 4.29. The van der Waals surface area contributed by atoms with Crippen LogP contribution in [-0.4, -0.2) is 39.6 Å². The Bertz CT molecular complexity index is 1250. The van der Waals surface area contributed by atoms with Crippen molar-refractivity contribution in [3.05, 3.63) is 64.2 Å². The second-order valence-corrected chi connectivity index (χ2v) is 10.5. The van der Waals surface area contributed by atoms with Crippen molar-refractivity contribution >= 4 is 50.7 Å². The number of sulfonamides is 1. The molecule has 0 aliphatic heterocycles. The molecule has 0 saturated heterocycles. The van der Waals surface area contributed by atoms with Gasteiger partial charge in [0.1, 0.15) is 0 Å². The zero-order valence-electron chi connectivity index (χ0n) is 17.7. The van der Waals surface area contributed by atoms with Gasteiger partial charge in [0.2, 0.25) is 0 Å². The third kappa shape index (κ3) is 5.47. The van der Waals surface area contributed by atoms with E-state index in [1.165, 1.54) is 29.2 Å². The van der Waals surface area contributed by atoms with E-state index < -0.39 is 22.0 Å². The van der Waals surface area contributed by atoms with E-state index >= 15 is 0 Å². The molecule has 0 unspecified atom stereocenters. The van der Waals surface area contributed by atoms with Gasteiger partial charge in [-0.25, -0.2) is 23.0 Å². The van der Waals surface area contributed by atoms with Crippen molar-refractivity contribution in [2.45, 2.75) is 28.0 Å². The summed E-state index contributed by atoms with van der Waals surface area (Å²) in [7, 11) is -1.79. The average molecular weight is 493 g/mol. The zero-order valence-corrected chi connectivity index (χ0v) is 20.1. The maximum atomic E-state index is 13.0. The lowest BCUT2D eigenvalue weighted by molar-refractivity contribution is 0.0598. The molecular weight excluding hydrogens is 472 g/mol. The number of nitrogens with one attached hydrogen (secondary N) is 1. The smallest absolute Gasteiger partial charge is 0.337 e. The Morgan fingerprint density at radius 3 is 2.12 bits per heavy atom. The monoisotopic (exact) mass is 492 g/mol. The Labute approximate surface area is 194 Å². The Hall–Kier alpha value is -2.89. The number of aryl methyl sites for hydroxylation is 2. The standard InChI is InChI=1S/C21H20N2O6S3/c1-12-7-16(31-21-22-13(2)11-30-21)5-6-18(12)23-32(26,27)17-9-14(19(24)28-3)8-15(10-17)20(25)29-4/h5-11,23H,1-4H3. The van der Waals surface area contributed by atoms with E-state index in [-0.39, 0.29) is 16.0 Å². The molecule has 11 heteroatoms. The maximum Gasteiger partial charge on any atom is 0.337 e. The normalized spacial score (nSPS) is 11.1. The molecule has 0 aliphatic rings. The van der Waals surface area contributed by atoms with E-state index in [0.717, 1.165) is 41.3 Å². The summed E-state index contributed by atoms with van der Waals surface area (Å²) in [5, 5.41) is 1.96. The highest BCUT2D eigenvalue weighted by atomic mass is 32.2. The number of methoxy groups -OCH3 is 2. The van der Waals surface area contributed by atoms with Crippen molar-refractivity contribution in [3.8, 4) is 0 Å². The fourth-order valence-corrected chi connectivity index (χ4v) is 5.83. The van der Waals surface area contributed by atoms with Gasteiger partial charge >= 0.3 is 11.9 Å². The molecule has 0 saturated carbocycles. The first-order chi connectivity index (χ1) is 15.1. The van der Waals surface area contributed by atoms with E-state index in [2.05, 4.69) is 19.2 Å². The van der Waals surface area contributed by atoms with Crippen LogP contribution in [0.3, 0.4) is 0 Å². The highest BCUT2D eigenvalue weighted by Gasteiger charge is 2.22. The van der Waals surface area contributed by atoms with Crippen LogP contribution in [0.4, 0.5) is 5.69 Å². The van der Waals surface area contributed by atoms with Crippen molar-refractivity contribution in [3.63, 3.8) is 0 Å². The first kappa shape index (κ1) is 23.8. The van der Waals surface area contributed by atoms with Crippen molar-refractivity contribution in [2.75, 3.05) is 18.9 Å². The molecule has 1 N–H and O–H groups in total. The molecule has 3 aromatic rings. The summed E-state index contributed by atoms with van der Waals surface area (Å²) >= 11 is 3.03. The van der Waals surface area contributed by atoms with Gasteiger partial charge in [0, 0.05) is 16.0 Å². The summed E-state index contributed by atoms with van der Waals surface area (Å²) in [6.07, 6.45) is 0. The van der Waals surface area contributed by atoms with Crippen LogP contribution in [-0.2, 0) is 19.5 Å². The van der Waals surface area contributed by atoms with E-state index in [1.54, 1.807) is 19.1 Å². The van der Waals surface area contributed by atoms with Gasteiger partial charge in [-0.3, -0.25) is 4.72 Å². The number of aromatic nitrogens is 1. The lowest BCUT2D eigenvalue weighted by Crippen LogP contribution is -2.16. The third-order valence-electron chi connectivity index (χ3n) is 4.30. The Kier molecular flexibility index (Phi) is 7.22. The molecule has 2 aromatic carbocycles. The zero-order chi connectivity index (χ0) is 23.5. The van der Waals surface area contributed by atoms with Crippen LogP contribution in [0.2, 0.25) is 0 Å². The molecule has 168 valence electrons. The molecule has 3 rings (SSSR count). The van der Waals surface area contributed by atoms with Crippen LogP contribution in [0.1, 0.15) is 32.0 Å². The number of esters is 2. The van der Waals surface area contributed by atoms with Crippen molar-refractivity contribution in [1.29, 1.82) is 0 Å². The van der Waals surface area contributed by atoms with Gasteiger partial charge < -0.3 is 9.47 Å². The van der Waals surface area contributed by atoms with Gasteiger partial charge in [-0.1, -0.05) is 11.8 Å². The molecule has 0 fully saturated rings. The largest absolute Gasteiger partial charge is 0.465 e. The highest BCUT2D eigenvalue weighted by molar-refractivity contribution is 8.01. The second-order valence-electron chi connectivity index (χ2n) is 6.67. The van der Waals surface area contributed by atoms with Crippen LogP contribution in [0, 0.1) is 13.8 Å². The number of anilines is 1. The topological polar surface area (TPSA) is 112 Å². The molecule has 1 heterocycles. The van der Waals surface area contributed by atoms with Crippen LogP contribution in [0.25, 0.3) is 0 Å². The van der Waals surface area contributed by atoms with Gasteiger partial charge in [0.25, 0.3) is 10.0 Å². The fourth-order valence-electron chi connectivity index (χ4n) is 2.72. The van der Waals surface area contributed by atoms with Crippen molar-refractivity contribution in [2.24, 2.45) is 0 Å². The molecular formula is C21H20N2O6S3. The Morgan fingerprint density at radius 1 is 1.00 bits per heavy atom. The first-order valence-corrected chi connectivity index (χ1v) is 12.4. The van der Waals surface area contributed by atoms with E-state index in [4.69, 9.17) is 0 Å². The number of carbonyl (C=O) groups is 2. The minimum absolute atomic E-state index is 0.0852. The number of benzene rings is 2. The van der Waals surface area contributed by atoms with Crippen molar-refractivity contribution < 1.29 is 27.5 Å². The molecule has 32 heavy (non-hydrogen) atoms. The molecule has 0 aliphatic carbocycles. The molecule has 0 radical (unpaired) electrons. The summed E-state index contributed by atoms with van der Waals surface area (Å²) in [6.45, 7) is 3.70. The predicted molar refractivity (Wildman–Crippen MR) is 122 cm³/mol. The number of carbonyl (C=O) groups excluding carboxylic acids is 2. The Balaban J connectivity index is 1.91. The second kappa shape index (κ2) is 9.72. The van der Waals surface area contributed by atoms with E-state index in [9.17, 15) is 18.0 Å². The molecule has 1 aromatic heterocycles. The molecule has 0 bridgehead atoms. The number of nitrogens with zero attached hydrogens (tertiary/aromatic N) is 1. The number of hydrogen-bond donors (Lipinski definition) is 1. The minimum atomic E-state index is -4.12. The van der Waals surface area contributed by atoms with Gasteiger partial charge in [-0.2, -0.15) is 0 Å². The lowest BCUT2D eigenvalue weighted by atomic mass is 10.1. The first-order valence-electron chi connectivity index (χ1n) is 9.18. The minimum Gasteiger partial charge on any atom is -0.465 e. The lowest BCUT2D eigenvalue weighted by Gasteiger charge is -2.13. The summed E-state index contributed by atoms with van der Waals surface area (Å²) in [5.74, 6) is -1.55. The number of ether oxygens (including phenoxy) is 2. The van der Waals surface area contributed by atoms with E-state index in [1.807, 2.05) is 18.4 Å². The SMILES string of the molecule is COC(=O)c1cc(C(=O)OC)cc(S(=O)(=O)Nc2ccc(Sc3nc(C)cs3)cc2C)c1. The van der Waals surface area contributed by atoms with Gasteiger partial charge in [0.05, 0.1) is 35.9 Å². The molecule has 0 amide bonds. The molecule has 8 nitrogen and oxygen atoms in total. The maximum absolute atomic E-state index is 13.0. The molecule has 0 spiro atoms. The number of thiazole rings is 1. The fraction of sp³-hybridized carbons (Fsp3) is 0.190. The van der Waals surface area contributed by atoms with Crippen LogP contribution in [0.15, 0.2) is 55.9 Å². The third-order valence-corrected chi connectivity index (χ3v) is 7.70. The van der Waals surface area contributed by atoms with Gasteiger partial charge in [-0.15, -0.1) is 11.3 Å². The summed E-state index contributed by atoms with van der Waals surface area (Å²) < 4.78 is 38.8. The van der Waals surface area contributed by atoms with Crippen LogP contribution >= 0.6 is 23.1 Å². The summed E-state index contributed by atoms with van der Waals surface area (Å²) in [6, 6.07) is 8.80. The highest BCUT2D eigenvalue weighted by Crippen LogP contribution is 2.33. The number of hydrogen-bond acceptors (Lipinski definition) is 9. The quantitative estimate of drug-likeness (QED) is 0.486. The Morgan fingerprint density at radius 2 is 1.62 bits per heavy atom. The van der Waals surface area contributed by atoms with Crippen LogP contribution in [0.5, 0.6) is 0 Å². The summed E-state index contributed by atoms with van der Waals surface area (Å²) in [5.41, 5.74) is 1.84. The van der Waals surface area contributed by atoms with Crippen LogP contribution < -0.4 is 4.72 Å².